The standard InChI is InChI=1S/C12H14F2O5/c1-17-8-5-7(11(13)14)9(18-2)4-6(8)10(15)12(16)19-3/h4-5,10-11,15H,1-3H3. The molecule has 5 nitrogen and oxygen atoms in total. The van der Waals surface area contributed by atoms with Gasteiger partial charge in [0.2, 0.25) is 0 Å². The Labute approximate surface area is 108 Å². The van der Waals surface area contributed by atoms with Crippen LogP contribution in [0.2, 0.25) is 0 Å². The van der Waals surface area contributed by atoms with Crippen molar-refractivity contribution in [1.29, 1.82) is 0 Å². The Morgan fingerprint density at radius 3 is 2.00 bits per heavy atom. The number of benzene rings is 1. The van der Waals surface area contributed by atoms with Gasteiger partial charge in [0.1, 0.15) is 11.5 Å². The third kappa shape index (κ3) is 3.11. The van der Waals surface area contributed by atoms with Crippen molar-refractivity contribution in [3.8, 4) is 11.5 Å². The summed E-state index contributed by atoms with van der Waals surface area (Å²) in [6.45, 7) is 0. The number of alkyl halides is 2. The van der Waals surface area contributed by atoms with E-state index in [-0.39, 0.29) is 22.6 Å². The number of rotatable bonds is 5. The predicted molar refractivity (Wildman–Crippen MR) is 61.5 cm³/mol. The Balaban J connectivity index is 3.35. The Hall–Kier alpha value is -1.89. The Morgan fingerprint density at radius 1 is 1.11 bits per heavy atom. The number of aliphatic hydroxyl groups is 1. The van der Waals surface area contributed by atoms with Crippen molar-refractivity contribution in [3.05, 3.63) is 23.3 Å². The number of aliphatic hydroxyl groups excluding tert-OH is 1. The van der Waals surface area contributed by atoms with Crippen LogP contribution in [0.5, 0.6) is 11.5 Å². The number of carbonyl (C=O) groups is 1. The summed E-state index contributed by atoms with van der Waals surface area (Å²) < 4.78 is 39.7. The van der Waals surface area contributed by atoms with Crippen molar-refractivity contribution in [2.75, 3.05) is 21.3 Å². The first kappa shape index (κ1) is 15.2. The van der Waals surface area contributed by atoms with E-state index in [9.17, 15) is 18.7 Å². The Kier molecular flexibility index (Phi) is 5.05. The quantitative estimate of drug-likeness (QED) is 0.831. The van der Waals surface area contributed by atoms with Gasteiger partial charge < -0.3 is 19.3 Å². The van der Waals surface area contributed by atoms with E-state index >= 15 is 0 Å². The van der Waals surface area contributed by atoms with E-state index < -0.39 is 18.5 Å². The van der Waals surface area contributed by atoms with Gasteiger partial charge in [-0.2, -0.15) is 0 Å². The predicted octanol–water partition coefficient (Wildman–Crippen LogP) is 1.85. The third-order valence-electron chi connectivity index (χ3n) is 2.54. The molecular formula is C12H14F2O5. The summed E-state index contributed by atoms with van der Waals surface area (Å²) in [5.41, 5.74) is -0.393. The van der Waals surface area contributed by atoms with Crippen LogP contribution in [0.3, 0.4) is 0 Å². The maximum absolute atomic E-state index is 12.8. The molecule has 1 rings (SSSR count). The third-order valence-corrected chi connectivity index (χ3v) is 2.54. The lowest BCUT2D eigenvalue weighted by Gasteiger charge is -2.17. The maximum Gasteiger partial charge on any atom is 0.339 e. The number of hydrogen-bond acceptors (Lipinski definition) is 5. The largest absolute Gasteiger partial charge is 0.496 e. The van der Waals surface area contributed by atoms with Crippen LogP contribution in [0.1, 0.15) is 23.7 Å². The topological polar surface area (TPSA) is 65.0 Å². The fourth-order valence-electron chi connectivity index (χ4n) is 1.57. The summed E-state index contributed by atoms with van der Waals surface area (Å²) in [6, 6.07) is 2.15. The normalized spacial score (nSPS) is 12.2. The Bertz CT molecular complexity index is 462. The summed E-state index contributed by atoms with van der Waals surface area (Å²) in [5.74, 6) is -1.12. The van der Waals surface area contributed by atoms with E-state index in [0.29, 0.717) is 0 Å². The number of ether oxygens (including phenoxy) is 3. The van der Waals surface area contributed by atoms with Gasteiger partial charge in [-0.3, -0.25) is 0 Å². The van der Waals surface area contributed by atoms with E-state index in [0.717, 1.165) is 19.2 Å². The fraction of sp³-hybridized carbons (Fsp3) is 0.417. The van der Waals surface area contributed by atoms with Crippen molar-refractivity contribution in [2.45, 2.75) is 12.5 Å². The molecule has 106 valence electrons. The highest BCUT2D eigenvalue weighted by molar-refractivity contribution is 5.77. The zero-order valence-electron chi connectivity index (χ0n) is 10.6. The van der Waals surface area contributed by atoms with Gasteiger partial charge in [0, 0.05) is 5.56 Å². The lowest BCUT2D eigenvalue weighted by Crippen LogP contribution is -2.15. The average molecular weight is 276 g/mol. The molecule has 1 N–H and O–H groups in total. The first-order valence-corrected chi connectivity index (χ1v) is 5.26. The molecule has 0 heterocycles. The number of hydrogen-bond donors (Lipinski definition) is 1. The van der Waals surface area contributed by atoms with Gasteiger partial charge in [0.15, 0.2) is 6.10 Å². The van der Waals surface area contributed by atoms with Crippen LogP contribution in [-0.4, -0.2) is 32.4 Å². The van der Waals surface area contributed by atoms with Crippen LogP contribution in [0.25, 0.3) is 0 Å². The molecule has 0 bridgehead atoms. The molecule has 0 saturated carbocycles. The van der Waals surface area contributed by atoms with Crippen molar-refractivity contribution in [2.24, 2.45) is 0 Å². The summed E-state index contributed by atoms with van der Waals surface area (Å²) in [5, 5.41) is 9.75. The van der Waals surface area contributed by atoms with E-state index in [2.05, 4.69) is 4.74 Å². The lowest BCUT2D eigenvalue weighted by atomic mass is 10.0. The van der Waals surface area contributed by atoms with Gasteiger partial charge in [-0.1, -0.05) is 0 Å². The number of carbonyl (C=O) groups excluding carboxylic acids is 1. The molecule has 1 unspecified atom stereocenters. The molecule has 0 radical (unpaired) electrons. The Morgan fingerprint density at radius 2 is 1.58 bits per heavy atom. The molecule has 0 fully saturated rings. The maximum atomic E-state index is 12.8. The molecule has 7 heteroatoms. The van der Waals surface area contributed by atoms with Crippen LogP contribution in [0, 0.1) is 0 Å². The summed E-state index contributed by atoms with van der Waals surface area (Å²) in [6.07, 6.45) is -4.41. The summed E-state index contributed by atoms with van der Waals surface area (Å²) >= 11 is 0. The monoisotopic (exact) mass is 276 g/mol. The van der Waals surface area contributed by atoms with E-state index in [4.69, 9.17) is 9.47 Å². The van der Waals surface area contributed by atoms with Gasteiger partial charge in [0.25, 0.3) is 6.43 Å². The first-order chi connectivity index (χ1) is 8.96. The summed E-state index contributed by atoms with van der Waals surface area (Å²) in [7, 11) is 3.55. The summed E-state index contributed by atoms with van der Waals surface area (Å²) in [4.78, 5) is 11.3. The molecule has 0 aliphatic carbocycles. The van der Waals surface area contributed by atoms with Crippen LogP contribution in [0.15, 0.2) is 12.1 Å². The molecule has 0 aliphatic heterocycles. The van der Waals surface area contributed by atoms with E-state index in [1.54, 1.807) is 0 Å². The molecule has 0 saturated heterocycles. The minimum atomic E-state index is -2.77. The second-order valence-electron chi connectivity index (χ2n) is 3.56. The van der Waals surface area contributed by atoms with Gasteiger partial charge in [0.05, 0.1) is 26.9 Å². The lowest BCUT2D eigenvalue weighted by molar-refractivity contribution is -0.150. The molecule has 0 amide bonds. The molecule has 0 spiro atoms. The second kappa shape index (κ2) is 6.33. The fourth-order valence-corrected chi connectivity index (χ4v) is 1.57. The number of halogens is 2. The molecule has 1 aromatic carbocycles. The highest BCUT2D eigenvalue weighted by Crippen LogP contribution is 2.37. The highest BCUT2D eigenvalue weighted by Gasteiger charge is 2.26. The smallest absolute Gasteiger partial charge is 0.339 e. The minimum absolute atomic E-state index is 0.00407. The zero-order valence-corrected chi connectivity index (χ0v) is 10.6. The van der Waals surface area contributed by atoms with Crippen molar-refractivity contribution in [3.63, 3.8) is 0 Å². The average Bonchev–Trinajstić information content (AvgIpc) is 2.43. The minimum Gasteiger partial charge on any atom is -0.496 e. The molecule has 0 aromatic heterocycles. The zero-order chi connectivity index (χ0) is 14.6. The highest BCUT2D eigenvalue weighted by atomic mass is 19.3. The SMILES string of the molecule is COC(=O)C(O)c1cc(OC)c(C(F)F)cc1OC. The van der Waals surface area contributed by atoms with Crippen molar-refractivity contribution < 1.29 is 32.9 Å². The van der Waals surface area contributed by atoms with E-state index in [1.165, 1.54) is 14.2 Å². The number of methoxy groups -OCH3 is 3. The van der Waals surface area contributed by atoms with Gasteiger partial charge in [-0.15, -0.1) is 0 Å². The van der Waals surface area contributed by atoms with Crippen LogP contribution >= 0.6 is 0 Å². The van der Waals surface area contributed by atoms with Gasteiger partial charge >= 0.3 is 5.97 Å². The molecular weight excluding hydrogens is 262 g/mol. The number of esters is 1. The van der Waals surface area contributed by atoms with Gasteiger partial charge in [-0.25, -0.2) is 13.6 Å². The second-order valence-corrected chi connectivity index (χ2v) is 3.56. The van der Waals surface area contributed by atoms with Gasteiger partial charge in [-0.05, 0) is 12.1 Å². The molecule has 1 atom stereocenters. The van der Waals surface area contributed by atoms with Crippen molar-refractivity contribution in [1.82, 2.24) is 0 Å². The van der Waals surface area contributed by atoms with Crippen LogP contribution < -0.4 is 9.47 Å². The molecule has 1 aromatic rings. The van der Waals surface area contributed by atoms with E-state index in [1.807, 2.05) is 0 Å². The molecule has 19 heavy (non-hydrogen) atoms. The van der Waals surface area contributed by atoms with Crippen LogP contribution in [-0.2, 0) is 9.53 Å². The molecule has 0 aliphatic rings. The van der Waals surface area contributed by atoms with Crippen LogP contribution in [0.4, 0.5) is 8.78 Å². The first-order valence-electron chi connectivity index (χ1n) is 5.26. The van der Waals surface area contributed by atoms with Crippen molar-refractivity contribution >= 4 is 5.97 Å².